The number of alkyl halides is 3. The lowest BCUT2D eigenvalue weighted by molar-refractivity contribution is -0.137. The van der Waals surface area contributed by atoms with Gasteiger partial charge in [-0.15, -0.1) is 22.7 Å². The summed E-state index contributed by atoms with van der Waals surface area (Å²) in [6.45, 7) is 4.15. The van der Waals surface area contributed by atoms with Gasteiger partial charge in [0.05, 0.1) is 19.2 Å². The number of thiophene rings is 1. The Morgan fingerprint density at radius 3 is 2.65 bits per heavy atom. The van der Waals surface area contributed by atoms with Crippen LogP contribution in [0, 0.1) is 13.8 Å². The van der Waals surface area contributed by atoms with Crippen molar-refractivity contribution in [2.75, 3.05) is 18.0 Å². The first kappa shape index (κ1) is 21.7. The van der Waals surface area contributed by atoms with Crippen LogP contribution in [0.3, 0.4) is 0 Å². The summed E-state index contributed by atoms with van der Waals surface area (Å²) >= 11 is 2.09. The predicted octanol–water partition coefficient (Wildman–Crippen LogP) is 3.10. The average Bonchev–Trinajstić information content (AvgIpc) is 3.33. The minimum absolute atomic E-state index is 0.0944. The molecule has 1 aliphatic rings. The van der Waals surface area contributed by atoms with Gasteiger partial charge in [-0.05, 0) is 36.4 Å². The number of rotatable bonds is 4. The van der Waals surface area contributed by atoms with E-state index in [0.29, 0.717) is 23.7 Å². The Balaban J connectivity index is 1.54. The summed E-state index contributed by atoms with van der Waals surface area (Å²) in [6.07, 6.45) is -2.29. The summed E-state index contributed by atoms with van der Waals surface area (Å²) in [5.74, 6) is 0.490. The van der Waals surface area contributed by atoms with Crippen molar-refractivity contribution in [2.24, 2.45) is 0 Å². The van der Waals surface area contributed by atoms with E-state index in [1.807, 2.05) is 24.4 Å². The van der Waals surface area contributed by atoms with Crippen LogP contribution in [0.5, 0.6) is 0 Å². The highest BCUT2D eigenvalue weighted by molar-refractivity contribution is 7.11. The first-order valence-corrected chi connectivity index (χ1v) is 11.0. The smallest absolute Gasteiger partial charge is 0.387 e. The monoisotopic (exact) mass is 469 g/mol. The van der Waals surface area contributed by atoms with Crippen LogP contribution < -0.4 is 10.6 Å². The summed E-state index contributed by atoms with van der Waals surface area (Å²) in [4.78, 5) is 27.4. The van der Waals surface area contributed by atoms with Crippen LogP contribution in [0.1, 0.15) is 26.1 Å². The Labute approximate surface area is 183 Å². The molecule has 12 heteroatoms. The molecule has 3 aromatic heterocycles. The van der Waals surface area contributed by atoms with Crippen LogP contribution in [-0.2, 0) is 12.7 Å². The lowest BCUT2D eigenvalue weighted by atomic mass is 9.99. The van der Waals surface area contributed by atoms with Gasteiger partial charge in [0.2, 0.25) is 5.95 Å². The summed E-state index contributed by atoms with van der Waals surface area (Å²) < 4.78 is 39.5. The number of halogens is 3. The molecule has 0 aromatic carbocycles. The number of aliphatic hydroxyl groups is 1. The van der Waals surface area contributed by atoms with Gasteiger partial charge in [0, 0.05) is 22.5 Å². The molecule has 1 N–H and O–H groups in total. The molecule has 0 saturated heterocycles. The molecule has 0 radical (unpaired) electrons. The van der Waals surface area contributed by atoms with E-state index in [1.165, 1.54) is 4.57 Å². The maximum Gasteiger partial charge on any atom is 0.443 e. The van der Waals surface area contributed by atoms with Crippen LogP contribution in [-0.4, -0.2) is 43.8 Å². The summed E-state index contributed by atoms with van der Waals surface area (Å²) in [6, 6.07) is 2.01. The van der Waals surface area contributed by atoms with Gasteiger partial charge in [0.25, 0.3) is 0 Å². The number of aryl methyl sites for hydroxylation is 2. The third-order valence-electron chi connectivity index (χ3n) is 4.82. The van der Waals surface area contributed by atoms with Gasteiger partial charge in [-0.2, -0.15) is 23.1 Å². The highest BCUT2D eigenvalue weighted by Gasteiger charge is 2.34. The first-order valence-electron chi connectivity index (χ1n) is 9.28. The molecule has 0 spiro atoms. The van der Waals surface area contributed by atoms with E-state index in [2.05, 4.69) is 15.0 Å². The number of hydrogen-bond donors (Lipinski definition) is 1. The van der Waals surface area contributed by atoms with E-state index in [9.17, 15) is 23.1 Å². The zero-order chi connectivity index (χ0) is 22.3. The quantitative estimate of drug-likeness (QED) is 0.632. The number of aromatic nitrogens is 4. The van der Waals surface area contributed by atoms with Crippen LogP contribution in [0.15, 0.2) is 28.5 Å². The van der Waals surface area contributed by atoms with Crippen molar-refractivity contribution >= 4 is 34.2 Å². The van der Waals surface area contributed by atoms with E-state index in [0.717, 1.165) is 22.2 Å². The Morgan fingerprint density at radius 1 is 1.29 bits per heavy atom. The van der Waals surface area contributed by atoms with E-state index in [4.69, 9.17) is 0 Å². The second-order valence-electron chi connectivity index (χ2n) is 7.10. The molecule has 7 nitrogen and oxygen atoms in total. The van der Waals surface area contributed by atoms with Gasteiger partial charge in [0.1, 0.15) is 5.82 Å². The second-order valence-corrected chi connectivity index (χ2v) is 9.33. The molecule has 0 amide bonds. The molecule has 4 heterocycles. The lowest BCUT2D eigenvalue weighted by Gasteiger charge is -2.30. The Bertz CT molecular complexity index is 1200. The molecule has 0 bridgehead atoms. The topological polar surface area (TPSA) is 84.1 Å². The van der Waals surface area contributed by atoms with E-state index < -0.39 is 23.0 Å². The molecule has 1 atom stereocenters. The highest BCUT2D eigenvalue weighted by atomic mass is 32.1. The number of thiazole rings is 1. The Hall–Kier alpha value is -2.57. The van der Waals surface area contributed by atoms with Crippen LogP contribution >= 0.6 is 22.7 Å². The molecule has 0 aliphatic carbocycles. The van der Waals surface area contributed by atoms with Crippen molar-refractivity contribution < 1.29 is 18.3 Å². The minimum Gasteiger partial charge on any atom is -0.387 e. The van der Waals surface area contributed by atoms with E-state index in [1.54, 1.807) is 23.2 Å². The van der Waals surface area contributed by atoms with Gasteiger partial charge in [-0.1, -0.05) is 6.08 Å². The van der Waals surface area contributed by atoms with Gasteiger partial charge in [0.15, 0.2) is 5.01 Å². The van der Waals surface area contributed by atoms with Crippen LogP contribution in [0.2, 0.25) is 0 Å². The fourth-order valence-electron chi connectivity index (χ4n) is 3.30. The molecular formula is C19H18F3N5O2S2. The van der Waals surface area contributed by atoms with Crippen molar-refractivity contribution in [2.45, 2.75) is 32.7 Å². The van der Waals surface area contributed by atoms with Crippen molar-refractivity contribution in [3.05, 3.63) is 60.4 Å². The fourth-order valence-corrected chi connectivity index (χ4v) is 4.78. The number of anilines is 1. The molecule has 31 heavy (non-hydrogen) atoms. The van der Waals surface area contributed by atoms with Crippen LogP contribution in [0.4, 0.5) is 19.1 Å². The lowest BCUT2D eigenvalue weighted by Crippen LogP contribution is -2.40. The van der Waals surface area contributed by atoms with Crippen molar-refractivity contribution in [1.29, 1.82) is 0 Å². The number of hydrogen-bond acceptors (Lipinski definition) is 8. The third-order valence-corrected chi connectivity index (χ3v) is 6.71. The molecule has 0 unspecified atom stereocenters. The maximum absolute atomic E-state index is 12.8. The largest absolute Gasteiger partial charge is 0.443 e. The fraction of sp³-hybridized carbons (Fsp3) is 0.368. The number of nitrogens with zero attached hydrogens (tertiary/aromatic N) is 5. The molecule has 164 valence electrons. The molecule has 4 rings (SSSR count). The molecule has 3 aromatic rings. The number of β-amino-alcohol motifs (C(OH)–C–C–N with tert-alkyl or cyclic N) is 1. The van der Waals surface area contributed by atoms with Gasteiger partial charge in [-0.25, -0.2) is 9.78 Å². The zero-order valence-corrected chi connectivity index (χ0v) is 18.2. The normalized spacial score (nSPS) is 17.2. The standard InChI is InChI=1S/C19H18F3N5O2S2/c1-10-5-12(9-30-10)14-3-4-26(8-15(14)28)17-24-11(2)27(18(29)25-17)7-13-6-23-16(31-13)19(20,21)22/h3,5-6,9,15,28H,4,7-8H2,1-2H3/t15-/m0/s1. The van der Waals surface area contributed by atoms with E-state index in [-0.39, 0.29) is 23.9 Å². The average molecular weight is 470 g/mol. The highest BCUT2D eigenvalue weighted by Crippen LogP contribution is 2.32. The number of aliphatic hydroxyl groups excluding tert-OH is 1. The zero-order valence-electron chi connectivity index (χ0n) is 16.5. The third kappa shape index (κ3) is 4.55. The second kappa shape index (κ2) is 8.17. The first-order chi connectivity index (χ1) is 14.6. The van der Waals surface area contributed by atoms with Gasteiger partial charge >= 0.3 is 11.9 Å². The maximum atomic E-state index is 12.8. The predicted molar refractivity (Wildman–Crippen MR) is 112 cm³/mol. The summed E-state index contributed by atoms with van der Waals surface area (Å²) in [5, 5.41) is 11.6. The van der Waals surface area contributed by atoms with E-state index >= 15 is 0 Å². The Morgan fingerprint density at radius 2 is 2.06 bits per heavy atom. The summed E-state index contributed by atoms with van der Waals surface area (Å²) in [7, 11) is 0. The van der Waals surface area contributed by atoms with Crippen molar-refractivity contribution in [3.63, 3.8) is 0 Å². The molecule has 0 fully saturated rings. The molecule has 0 saturated carbocycles. The van der Waals surface area contributed by atoms with Gasteiger partial charge < -0.3 is 10.0 Å². The van der Waals surface area contributed by atoms with Crippen LogP contribution in [0.25, 0.3) is 5.57 Å². The molecule has 1 aliphatic heterocycles. The SMILES string of the molecule is Cc1cc(C2=CCN(c3nc(C)n(Cc4cnc(C(F)(F)F)s4)c(=O)n3)C[C@@H]2O)cs1. The summed E-state index contributed by atoms with van der Waals surface area (Å²) in [5.41, 5.74) is 1.18. The Kier molecular flexibility index (Phi) is 5.71. The van der Waals surface area contributed by atoms with Crippen molar-refractivity contribution in [3.8, 4) is 0 Å². The van der Waals surface area contributed by atoms with Gasteiger partial charge in [-0.3, -0.25) is 4.57 Å². The van der Waals surface area contributed by atoms with Crippen molar-refractivity contribution in [1.82, 2.24) is 19.5 Å². The molecular weight excluding hydrogens is 451 g/mol. The minimum atomic E-state index is -4.52.